The van der Waals surface area contributed by atoms with Crippen molar-refractivity contribution in [3.05, 3.63) is 53.3 Å². The summed E-state index contributed by atoms with van der Waals surface area (Å²) >= 11 is 5.70. The van der Waals surface area contributed by atoms with Gasteiger partial charge in [-0.1, -0.05) is 11.6 Å². The van der Waals surface area contributed by atoms with Gasteiger partial charge in [-0.05, 0) is 56.3 Å². The van der Waals surface area contributed by atoms with Crippen LogP contribution in [0.25, 0.3) is 0 Å². The van der Waals surface area contributed by atoms with Crippen LogP contribution in [0.3, 0.4) is 0 Å². The molecule has 0 fully saturated rings. The predicted molar refractivity (Wildman–Crippen MR) is 103 cm³/mol. The summed E-state index contributed by atoms with van der Waals surface area (Å²) in [5.41, 5.74) is 2.63. The number of nitrogens with one attached hydrogen (secondary N) is 2. The van der Waals surface area contributed by atoms with Crippen LogP contribution >= 0.6 is 11.6 Å². The largest absolute Gasteiger partial charge is 0.385 e. The summed E-state index contributed by atoms with van der Waals surface area (Å²) in [6.07, 6.45) is 0.298. The molecule has 2 rings (SSSR count). The first-order valence-corrected chi connectivity index (χ1v) is 8.75. The van der Waals surface area contributed by atoms with Crippen LogP contribution in [0, 0.1) is 5.82 Å². The first-order valence-electron chi connectivity index (χ1n) is 8.37. The molecule has 0 unspecified atom stereocenters. The van der Waals surface area contributed by atoms with Crippen LogP contribution < -0.4 is 15.5 Å². The third-order valence-corrected chi connectivity index (χ3v) is 4.17. The second-order valence-corrected chi connectivity index (χ2v) is 5.98. The highest BCUT2D eigenvalue weighted by Crippen LogP contribution is 2.20. The van der Waals surface area contributed by atoms with E-state index < -0.39 is 5.82 Å². The van der Waals surface area contributed by atoms with E-state index in [1.807, 2.05) is 12.1 Å². The summed E-state index contributed by atoms with van der Waals surface area (Å²) in [6.45, 7) is 6.70. The average Bonchev–Trinajstić information content (AvgIpc) is 2.60. The fourth-order valence-corrected chi connectivity index (χ4v) is 2.68. The van der Waals surface area contributed by atoms with Gasteiger partial charge in [-0.3, -0.25) is 4.79 Å². The molecule has 2 N–H and O–H groups in total. The number of anilines is 3. The Hall–Kier alpha value is -2.27. The van der Waals surface area contributed by atoms with Crippen molar-refractivity contribution in [1.82, 2.24) is 0 Å². The molecule has 0 aromatic heterocycles. The van der Waals surface area contributed by atoms with Gasteiger partial charge >= 0.3 is 0 Å². The summed E-state index contributed by atoms with van der Waals surface area (Å²) in [7, 11) is 0. The van der Waals surface area contributed by atoms with E-state index in [1.54, 1.807) is 0 Å². The monoisotopic (exact) mass is 363 g/mol. The van der Waals surface area contributed by atoms with Crippen molar-refractivity contribution < 1.29 is 9.18 Å². The van der Waals surface area contributed by atoms with E-state index in [0.29, 0.717) is 18.7 Å². The molecule has 1 amide bonds. The number of hydrogen-bond acceptors (Lipinski definition) is 3. The van der Waals surface area contributed by atoms with Crippen LogP contribution in [0.5, 0.6) is 0 Å². The van der Waals surface area contributed by atoms with E-state index in [-0.39, 0.29) is 10.9 Å². The molecule has 0 atom stereocenters. The van der Waals surface area contributed by atoms with Gasteiger partial charge in [0.05, 0.1) is 5.02 Å². The summed E-state index contributed by atoms with van der Waals surface area (Å²) in [4.78, 5) is 14.2. The second-order valence-electron chi connectivity index (χ2n) is 5.57. The van der Waals surface area contributed by atoms with Crippen LogP contribution in [0.15, 0.2) is 42.5 Å². The Labute approximate surface area is 153 Å². The van der Waals surface area contributed by atoms with Gasteiger partial charge in [0.25, 0.3) is 0 Å². The van der Waals surface area contributed by atoms with Gasteiger partial charge in [-0.2, -0.15) is 0 Å². The van der Waals surface area contributed by atoms with Crippen LogP contribution in [0.4, 0.5) is 21.5 Å². The Balaban J connectivity index is 1.79. The molecule has 0 heterocycles. The zero-order valence-electron chi connectivity index (χ0n) is 14.5. The van der Waals surface area contributed by atoms with Crippen molar-refractivity contribution in [2.24, 2.45) is 0 Å². The Kier molecular flexibility index (Phi) is 7.07. The van der Waals surface area contributed by atoms with Crippen LogP contribution in [-0.4, -0.2) is 25.5 Å². The number of hydrogen-bond donors (Lipinski definition) is 2. The number of nitrogens with zero attached hydrogens (tertiary/aromatic N) is 1. The van der Waals surface area contributed by atoms with Crippen LogP contribution in [0.2, 0.25) is 5.02 Å². The third-order valence-electron chi connectivity index (χ3n) is 3.88. The minimum absolute atomic E-state index is 0.00998. The normalized spacial score (nSPS) is 10.4. The Morgan fingerprint density at radius 1 is 1.08 bits per heavy atom. The van der Waals surface area contributed by atoms with Crippen molar-refractivity contribution >= 4 is 34.6 Å². The zero-order valence-corrected chi connectivity index (χ0v) is 15.2. The average molecular weight is 364 g/mol. The minimum atomic E-state index is -0.505. The fourth-order valence-electron chi connectivity index (χ4n) is 2.50. The van der Waals surface area contributed by atoms with E-state index in [0.717, 1.165) is 18.8 Å². The highest BCUT2D eigenvalue weighted by Gasteiger charge is 2.06. The van der Waals surface area contributed by atoms with Gasteiger partial charge in [-0.15, -0.1) is 0 Å². The first-order chi connectivity index (χ1) is 12.0. The molecule has 0 aliphatic carbocycles. The maximum absolute atomic E-state index is 13.1. The third kappa shape index (κ3) is 5.64. The minimum Gasteiger partial charge on any atom is -0.385 e. The second kappa shape index (κ2) is 9.28. The van der Waals surface area contributed by atoms with Crippen molar-refractivity contribution in [3.8, 4) is 0 Å². The summed E-state index contributed by atoms with van der Waals surface area (Å²) in [5.74, 6) is -0.663. The fraction of sp³-hybridized carbons (Fsp3) is 0.316. The maximum Gasteiger partial charge on any atom is 0.226 e. The lowest BCUT2D eigenvalue weighted by molar-refractivity contribution is -0.115. The highest BCUT2D eigenvalue weighted by molar-refractivity contribution is 6.31. The van der Waals surface area contributed by atoms with E-state index in [9.17, 15) is 9.18 Å². The van der Waals surface area contributed by atoms with Gasteiger partial charge < -0.3 is 15.5 Å². The quantitative estimate of drug-likeness (QED) is 0.710. The molecule has 0 saturated heterocycles. The molecule has 0 saturated carbocycles. The predicted octanol–water partition coefficient (Wildman–Crippen LogP) is 4.77. The number of carbonyl (C=O) groups is 1. The molecule has 0 bridgehead atoms. The summed E-state index contributed by atoms with van der Waals surface area (Å²) < 4.78 is 13.1. The number of rotatable bonds is 8. The molecular weight excluding hydrogens is 341 g/mol. The lowest BCUT2D eigenvalue weighted by Crippen LogP contribution is -2.21. The molecule has 25 heavy (non-hydrogen) atoms. The molecule has 0 aliphatic rings. The van der Waals surface area contributed by atoms with Gasteiger partial charge in [0.1, 0.15) is 5.82 Å². The molecule has 0 aliphatic heterocycles. The van der Waals surface area contributed by atoms with E-state index in [2.05, 4.69) is 41.5 Å². The Morgan fingerprint density at radius 3 is 2.32 bits per heavy atom. The number of carbonyl (C=O) groups excluding carboxylic acids is 1. The standard InChI is InChI=1S/C19H23ClFN3O/c1-3-24(4-2)16-8-5-14(6-9-16)22-12-11-19(25)23-15-7-10-18(21)17(20)13-15/h5-10,13,22H,3-4,11-12H2,1-2H3,(H,23,25). The van der Waals surface area contributed by atoms with Gasteiger partial charge in [0, 0.05) is 43.1 Å². The maximum atomic E-state index is 13.1. The molecule has 134 valence electrons. The van der Waals surface area contributed by atoms with Crippen LogP contribution in [0.1, 0.15) is 20.3 Å². The van der Waals surface area contributed by atoms with Crippen LogP contribution in [-0.2, 0) is 4.79 Å². The number of benzene rings is 2. The SMILES string of the molecule is CCN(CC)c1ccc(NCCC(=O)Nc2ccc(F)c(Cl)c2)cc1. The molecular formula is C19H23ClFN3O. The van der Waals surface area contributed by atoms with Gasteiger partial charge in [0.2, 0.25) is 5.91 Å². The summed E-state index contributed by atoms with van der Waals surface area (Å²) in [5, 5.41) is 5.91. The Bertz CT molecular complexity index is 702. The smallest absolute Gasteiger partial charge is 0.226 e. The van der Waals surface area contributed by atoms with Gasteiger partial charge in [-0.25, -0.2) is 4.39 Å². The zero-order chi connectivity index (χ0) is 18.2. The molecule has 2 aromatic rings. The van der Waals surface area contributed by atoms with E-state index >= 15 is 0 Å². The van der Waals surface area contributed by atoms with E-state index in [4.69, 9.17) is 11.6 Å². The molecule has 2 aromatic carbocycles. The summed E-state index contributed by atoms with van der Waals surface area (Å²) in [6, 6.07) is 12.3. The van der Waals surface area contributed by atoms with Gasteiger partial charge in [0.15, 0.2) is 0 Å². The van der Waals surface area contributed by atoms with Crippen molar-refractivity contribution in [2.75, 3.05) is 35.2 Å². The first kappa shape index (κ1) is 19.1. The highest BCUT2D eigenvalue weighted by atomic mass is 35.5. The number of halogens is 2. The number of amides is 1. The van der Waals surface area contributed by atoms with E-state index in [1.165, 1.54) is 23.9 Å². The molecule has 6 heteroatoms. The molecule has 0 spiro atoms. The Morgan fingerprint density at radius 2 is 1.72 bits per heavy atom. The lowest BCUT2D eigenvalue weighted by Gasteiger charge is -2.21. The van der Waals surface area contributed by atoms with Crippen molar-refractivity contribution in [3.63, 3.8) is 0 Å². The topological polar surface area (TPSA) is 44.4 Å². The lowest BCUT2D eigenvalue weighted by atomic mass is 10.2. The van der Waals surface area contributed by atoms with Crippen molar-refractivity contribution in [1.29, 1.82) is 0 Å². The molecule has 4 nitrogen and oxygen atoms in total. The molecule has 0 radical (unpaired) electrons. The van der Waals surface area contributed by atoms with Crippen molar-refractivity contribution in [2.45, 2.75) is 20.3 Å².